The van der Waals surface area contributed by atoms with Crippen LogP contribution in [0, 0.1) is 6.92 Å². The van der Waals surface area contributed by atoms with Crippen LogP contribution in [0.3, 0.4) is 0 Å². The first-order chi connectivity index (χ1) is 5.15. The lowest BCUT2D eigenvalue weighted by molar-refractivity contribution is 1.13. The molecule has 0 spiro atoms. The first kappa shape index (κ1) is 9.36. The minimum absolute atomic E-state index is 0.582. The number of thioether (sulfide) groups is 1. The second-order valence-electron chi connectivity index (χ2n) is 2.05. The molecule has 0 fully saturated rings. The van der Waals surface area contributed by atoms with Gasteiger partial charge in [0.05, 0.1) is 5.69 Å². The highest BCUT2D eigenvalue weighted by Crippen LogP contribution is 2.27. The van der Waals surface area contributed by atoms with Gasteiger partial charge in [0, 0.05) is 9.37 Å². The average Bonchev–Trinajstić information content (AvgIpc) is 1.97. The smallest absolute Gasteiger partial charge is 0.142 e. The predicted octanol–water partition coefficient (Wildman–Crippen LogP) is 3.53. The van der Waals surface area contributed by atoms with Crippen LogP contribution < -0.4 is 0 Å². The summed E-state index contributed by atoms with van der Waals surface area (Å²) < 4.78 is 1.01. The van der Waals surface area contributed by atoms with Gasteiger partial charge in [0.2, 0.25) is 0 Å². The Morgan fingerprint density at radius 1 is 1.64 bits per heavy atom. The Balaban J connectivity index is 3.21. The van der Waals surface area contributed by atoms with Crippen LogP contribution in [0.25, 0.3) is 0 Å². The number of hydrogen-bond acceptors (Lipinski definition) is 2. The molecule has 0 aromatic carbocycles. The molecule has 0 saturated heterocycles. The molecule has 0 aliphatic carbocycles. The quantitative estimate of drug-likeness (QED) is 0.560. The van der Waals surface area contributed by atoms with E-state index in [-0.39, 0.29) is 0 Å². The highest BCUT2D eigenvalue weighted by atomic mass is 79.9. The molecule has 0 saturated carbocycles. The molecule has 60 valence electrons. The van der Waals surface area contributed by atoms with E-state index in [4.69, 9.17) is 11.6 Å². The molecule has 0 aliphatic rings. The molecule has 0 unspecified atom stereocenters. The highest BCUT2D eigenvalue weighted by Gasteiger charge is 2.03. The van der Waals surface area contributed by atoms with E-state index >= 15 is 0 Å². The summed E-state index contributed by atoms with van der Waals surface area (Å²) in [6.45, 7) is 1.92. The summed E-state index contributed by atoms with van der Waals surface area (Å²) in [6, 6.07) is 1.98. The Morgan fingerprint density at radius 3 is 2.82 bits per heavy atom. The van der Waals surface area contributed by atoms with Gasteiger partial charge < -0.3 is 0 Å². The number of aromatic nitrogens is 1. The van der Waals surface area contributed by atoms with Gasteiger partial charge in [-0.1, -0.05) is 11.6 Å². The van der Waals surface area contributed by atoms with E-state index in [1.807, 2.05) is 19.2 Å². The fourth-order valence-electron chi connectivity index (χ4n) is 0.678. The van der Waals surface area contributed by atoms with Crippen molar-refractivity contribution in [2.45, 2.75) is 11.8 Å². The Hall–Kier alpha value is 0.270. The first-order valence-electron chi connectivity index (χ1n) is 3.01. The van der Waals surface area contributed by atoms with Gasteiger partial charge >= 0.3 is 0 Å². The van der Waals surface area contributed by atoms with Crippen molar-refractivity contribution in [3.8, 4) is 0 Å². The monoisotopic (exact) mass is 251 g/mol. The summed E-state index contributed by atoms with van der Waals surface area (Å²) in [4.78, 5) is 5.15. The van der Waals surface area contributed by atoms with E-state index in [0.29, 0.717) is 5.15 Å². The van der Waals surface area contributed by atoms with Crippen LogP contribution in [-0.4, -0.2) is 11.2 Å². The SMILES string of the molecule is CSc1cc(Br)c(C)nc1Cl. The van der Waals surface area contributed by atoms with Gasteiger partial charge in [0.15, 0.2) is 0 Å². The third-order valence-corrected chi connectivity index (χ3v) is 3.25. The van der Waals surface area contributed by atoms with E-state index in [1.165, 1.54) is 0 Å². The van der Waals surface area contributed by atoms with E-state index in [2.05, 4.69) is 20.9 Å². The maximum atomic E-state index is 5.85. The van der Waals surface area contributed by atoms with Crippen LogP contribution >= 0.6 is 39.3 Å². The van der Waals surface area contributed by atoms with Crippen molar-refractivity contribution in [3.05, 3.63) is 21.4 Å². The van der Waals surface area contributed by atoms with Crippen molar-refractivity contribution in [2.24, 2.45) is 0 Å². The third-order valence-electron chi connectivity index (χ3n) is 1.29. The molecule has 1 aromatic rings. The molecular weight excluding hydrogens is 246 g/mol. The molecule has 0 amide bonds. The number of hydrogen-bond donors (Lipinski definition) is 0. The largest absolute Gasteiger partial charge is 0.239 e. The minimum Gasteiger partial charge on any atom is -0.239 e. The molecule has 4 heteroatoms. The average molecular weight is 253 g/mol. The van der Waals surface area contributed by atoms with Crippen molar-refractivity contribution < 1.29 is 0 Å². The molecule has 0 radical (unpaired) electrons. The Kier molecular flexibility index (Phi) is 3.22. The second kappa shape index (κ2) is 3.78. The molecular formula is C7H7BrClNS. The van der Waals surface area contributed by atoms with Crippen molar-refractivity contribution in [3.63, 3.8) is 0 Å². The summed E-state index contributed by atoms with van der Waals surface area (Å²) in [5, 5.41) is 0.582. The number of rotatable bonds is 1. The van der Waals surface area contributed by atoms with Crippen LogP contribution in [0.5, 0.6) is 0 Å². The molecule has 1 rings (SSSR count). The zero-order chi connectivity index (χ0) is 8.43. The lowest BCUT2D eigenvalue weighted by Gasteiger charge is -2.02. The molecule has 11 heavy (non-hydrogen) atoms. The van der Waals surface area contributed by atoms with Crippen molar-refractivity contribution in [2.75, 3.05) is 6.26 Å². The van der Waals surface area contributed by atoms with E-state index in [1.54, 1.807) is 11.8 Å². The van der Waals surface area contributed by atoms with E-state index < -0.39 is 0 Å². The summed E-state index contributed by atoms with van der Waals surface area (Å²) in [7, 11) is 0. The summed E-state index contributed by atoms with van der Waals surface area (Å²) in [6.07, 6.45) is 1.98. The summed E-state index contributed by atoms with van der Waals surface area (Å²) >= 11 is 10.8. The van der Waals surface area contributed by atoms with Crippen molar-refractivity contribution >= 4 is 39.3 Å². The first-order valence-corrected chi connectivity index (χ1v) is 5.41. The highest BCUT2D eigenvalue weighted by molar-refractivity contribution is 9.10. The van der Waals surface area contributed by atoms with Gasteiger partial charge in [-0.3, -0.25) is 0 Å². The molecule has 0 bridgehead atoms. The molecule has 1 nitrogen and oxygen atoms in total. The van der Waals surface area contributed by atoms with Crippen LogP contribution in [0.15, 0.2) is 15.4 Å². The maximum Gasteiger partial charge on any atom is 0.142 e. The van der Waals surface area contributed by atoms with Crippen LogP contribution in [-0.2, 0) is 0 Å². The lowest BCUT2D eigenvalue weighted by atomic mass is 10.4. The number of aryl methyl sites for hydroxylation is 1. The van der Waals surface area contributed by atoms with Gasteiger partial charge in [-0.25, -0.2) is 4.98 Å². The van der Waals surface area contributed by atoms with Gasteiger partial charge in [0.25, 0.3) is 0 Å². The Labute approximate surface area is 83.7 Å². The number of pyridine rings is 1. The summed E-state index contributed by atoms with van der Waals surface area (Å²) in [5.41, 5.74) is 0.924. The number of nitrogens with zero attached hydrogens (tertiary/aromatic N) is 1. The molecule has 0 atom stereocenters. The fourth-order valence-corrected chi connectivity index (χ4v) is 2.01. The predicted molar refractivity (Wildman–Crippen MR) is 53.5 cm³/mol. The second-order valence-corrected chi connectivity index (χ2v) is 4.11. The van der Waals surface area contributed by atoms with E-state index in [0.717, 1.165) is 15.1 Å². The van der Waals surface area contributed by atoms with Gasteiger partial charge in [-0.2, -0.15) is 0 Å². The van der Waals surface area contributed by atoms with Crippen LogP contribution in [0.2, 0.25) is 5.15 Å². The fraction of sp³-hybridized carbons (Fsp3) is 0.286. The standard InChI is InChI=1S/C7H7BrClNS/c1-4-5(8)3-6(11-2)7(9)10-4/h3H,1-2H3. The zero-order valence-corrected chi connectivity index (χ0v) is 9.35. The Morgan fingerprint density at radius 2 is 2.27 bits per heavy atom. The molecule has 0 aliphatic heterocycles. The summed E-state index contributed by atoms with van der Waals surface area (Å²) in [5.74, 6) is 0. The normalized spacial score (nSPS) is 10.2. The molecule has 1 aromatic heterocycles. The zero-order valence-electron chi connectivity index (χ0n) is 6.19. The van der Waals surface area contributed by atoms with Gasteiger partial charge in [0.1, 0.15) is 5.15 Å². The Bertz CT molecular complexity index is 277. The molecule has 1 heterocycles. The van der Waals surface area contributed by atoms with E-state index in [9.17, 15) is 0 Å². The van der Waals surface area contributed by atoms with Crippen molar-refractivity contribution in [1.29, 1.82) is 0 Å². The maximum absolute atomic E-state index is 5.85. The lowest BCUT2D eigenvalue weighted by Crippen LogP contribution is -1.85. The number of halogens is 2. The van der Waals surface area contributed by atoms with Crippen LogP contribution in [0.1, 0.15) is 5.69 Å². The minimum atomic E-state index is 0.582. The van der Waals surface area contributed by atoms with Crippen LogP contribution in [0.4, 0.5) is 0 Å². The molecule has 0 N–H and O–H groups in total. The topological polar surface area (TPSA) is 12.9 Å². The van der Waals surface area contributed by atoms with Crippen molar-refractivity contribution in [1.82, 2.24) is 4.98 Å². The van der Waals surface area contributed by atoms with Gasteiger partial charge in [-0.15, -0.1) is 11.8 Å². The third kappa shape index (κ3) is 2.10. The van der Waals surface area contributed by atoms with Gasteiger partial charge in [-0.05, 0) is 35.2 Å².